The van der Waals surface area contributed by atoms with Crippen LogP contribution in [0.1, 0.15) is 18.4 Å². The third-order valence-corrected chi connectivity index (χ3v) is 6.47. The average Bonchev–Trinajstić information content (AvgIpc) is 3.51. The first-order valence-corrected chi connectivity index (χ1v) is 10.5. The molecule has 2 aliphatic heterocycles. The van der Waals surface area contributed by atoms with E-state index >= 15 is 0 Å². The monoisotopic (exact) mass is 435 g/mol. The Hall–Kier alpha value is -1.44. The number of carbonyl (C=O) groups excluding carboxylic acids is 2. The molecule has 6 nitrogen and oxygen atoms in total. The molecule has 2 saturated heterocycles. The fourth-order valence-corrected chi connectivity index (χ4v) is 4.30. The first-order chi connectivity index (χ1) is 13.1. The Morgan fingerprint density at radius 1 is 0.926 bits per heavy atom. The summed E-state index contributed by atoms with van der Waals surface area (Å²) in [6.45, 7) is 6.02. The van der Waals surface area contributed by atoms with Gasteiger partial charge < -0.3 is 14.5 Å². The lowest BCUT2D eigenvalue weighted by atomic mass is 9.94. The fourth-order valence-electron chi connectivity index (χ4n) is 4.03. The highest BCUT2D eigenvalue weighted by molar-refractivity contribution is 9.10. The maximum Gasteiger partial charge on any atom is 0.236 e. The summed E-state index contributed by atoms with van der Waals surface area (Å²) in [5.74, 6) is 0.392. The largest absolute Gasteiger partial charge is 0.379 e. The van der Waals surface area contributed by atoms with Gasteiger partial charge in [0.2, 0.25) is 11.8 Å². The second kappa shape index (κ2) is 7.89. The third-order valence-electron chi connectivity index (χ3n) is 5.94. The van der Waals surface area contributed by atoms with E-state index < -0.39 is 0 Å². The summed E-state index contributed by atoms with van der Waals surface area (Å²) in [4.78, 5) is 31.7. The van der Waals surface area contributed by atoms with Gasteiger partial charge in [0.05, 0.1) is 25.2 Å². The summed E-state index contributed by atoms with van der Waals surface area (Å²) in [7, 11) is 0. The third kappa shape index (κ3) is 4.05. The van der Waals surface area contributed by atoms with Gasteiger partial charge >= 0.3 is 0 Å². The van der Waals surface area contributed by atoms with E-state index in [9.17, 15) is 9.59 Å². The summed E-state index contributed by atoms with van der Waals surface area (Å²) in [5.41, 5.74) is 0.780. The quantitative estimate of drug-likeness (QED) is 0.718. The molecule has 0 atom stereocenters. The lowest BCUT2D eigenvalue weighted by Crippen LogP contribution is -2.55. The van der Waals surface area contributed by atoms with E-state index in [2.05, 4.69) is 33.0 Å². The van der Waals surface area contributed by atoms with Gasteiger partial charge in [0.1, 0.15) is 0 Å². The van der Waals surface area contributed by atoms with Crippen LogP contribution in [0.15, 0.2) is 28.7 Å². The van der Waals surface area contributed by atoms with Gasteiger partial charge in [0.15, 0.2) is 0 Å². The van der Waals surface area contributed by atoms with E-state index in [0.717, 1.165) is 36.0 Å². The van der Waals surface area contributed by atoms with Gasteiger partial charge in [0, 0.05) is 43.7 Å². The Bertz CT molecular complexity index is 691. The van der Waals surface area contributed by atoms with Gasteiger partial charge in [-0.05, 0) is 30.5 Å². The predicted molar refractivity (Wildman–Crippen MR) is 105 cm³/mol. The zero-order valence-electron chi connectivity index (χ0n) is 15.5. The summed E-state index contributed by atoms with van der Waals surface area (Å²) in [6, 6.07) is 8.12. The Kier molecular flexibility index (Phi) is 5.53. The molecule has 0 bridgehead atoms. The van der Waals surface area contributed by atoms with Crippen molar-refractivity contribution in [1.29, 1.82) is 0 Å². The van der Waals surface area contributed by atoms with Gasteiger partial charge in [-0.25, -0.2) is 0 Å². The molecule has 2 amide bonds. The minimum Gasteiger partial charge on any atom is -0.379 e. The van der Waals surface area contributed by atoms with Crippen LogP contribution in [0.4, 0.5) is 0 Å². The van der Waals surface area contributed by atoms with E-state index in [1.807, 2.05) is 21.9 Å². The highest BCUT2D eigenvalue weighted by atomic mass is 79.9. The number of halogens is 1. The van der Waals surface area contributed by atoms with Crippen LogP contribution < -0.4 is 0 Å². The Morgan fingerprint density at radius 2 is 1.52 bits per heavy atom. The summed E-state index contributed by atoms with van der Waals surface area (Å²) >= 11 is 3.46. The normalized spacial score (nSPS) is 22.6. The lowest BCUT2D eigenvalue weighted by molar-refractivity contribution is -0.142. The minimum atomic E-state index is -0.333. The highest BCUT2D eigenvalue weighted by Crippen LogP contribution is 2.49. The van der Waals surface area contributed by atoms with Crippen molar-refractivity contribution in [2.75, 3.05) is 59.0 Å². The zero-order valence-corrected chi connectivity index (χ0v) is 17.1. The van der Waals surface area contributed by atoms with E-state index in [1.165, 1.54) is 0 Å². The SMILES string of the molecule is O=C(CN1CCOCC1)N1CCN(C(=O)C2(c3ccc(Br)cc3)CC2)CC1. The predicted octanol–water partition coefficient (Wildman–Crippen LogP) is 1.48. The van der Waals surface area contributed by atoms with Crippen molar-refractivity contribution in [3.05, 3.63) is 34.3 Å². The van der Waals surface area contributed by atoms with Crippen LogP contribution in [-0.2, 0) is 19.7 Å². The number of rotatable bonds is 4. The average molecular weight is 436 g/mol. The molecule has 2 heterocycles. The molecule has 0 unspecified atom stereocenters. The van der Waals surface area contributed by atoms with E-state index in [1.54, 1.807) is 0 Å². The van der Waals surface area contributed by atoms with Crippen molar-refractivity contribution in [2.45, 2.75) is 18.3 Å². The number of benzene rings is 1. The van der Waals surface area contributed by atoms with Gasteiger partial charge in [-0.3, -0.25) is 14.5 Å². The van der Waals surface area contributed by atoms with Crippen LogP contribution in [-0.4, -0.2) is 85.5 Å². The molecule has 1 aromatic rings. The first-order valence-electron chi connectivity index (χ1n) is 9.72. The smallest absolute Gasteiger partial charge is 0.236 e. The number of nitrogens with zero attached hydrogens (tertiary/aromatic N) is 3. The summed E-state index contributed by atoms with van der Waals surface area (Å²) < 4.78 is 6.36. The molecule has 1 aromatic carbocycles. The van der Waals surface area contributed by atoms with Gasteiger partial charge in [-0.1, -0.05) is 28.1 Å². The number of piperazine rings is 1. The van der Waals surface area contributed by atoms with Crippen molar-refractivity contribution in [1.82, 2.24) is 14.7 Å². The molecule has 1 aliphatic carbocycles. The van der Waals surface area contributed by atoms with E-state index in [-0.39, 0.29) is 17.2 Å². The molecule has 0 radical (unpaired) electrons. The number of carbonyl (C=O) groups is 2. The number of morpholine rings is 1. The van der Waals surface area contributed by atoms with Gasteiger partial charge in [0.25, 0.3) is 0 Å². The molecule has 0 aromatic heterocycles. The topological polar surface area (TPSA) is 53.1 Å². The van der Waals surface area contributed by atoms with Crippen molar-refractivity contribution >= 4 is 27.7 Å². The number of hydrogen-bond donors (Lipinski definition) is 0. The van der Waals surface area contributed by atoms with Gasteiger partial charge in [-0.2, -0.15) is 0 Å². The van der Waals surface area contributed by atoms with Crippen LogP contribution in [0.2, 0.25) is 0 Å². The number of hydrogen-bond acceptors (Lipinski definition) is 4. The van der Waals surface area contributed by atoms with Crippen molar-refractivity contribution in [3.8, 4) is 0 Å². The summed E-state index contributed by atoms with van der Waals surface area (Å²) in [6.07, 6.45) is 1.84. The molecule has 27 heavy (non-hydrogen) atoms. The Balaban J connectivity index is 1.31. The molecule has 4 rings (SSSR count). The second-order valence-electron chi connectivity index (χ2n) is 7.65. The highest BCUT2D eigenvalue weighted by Gasteiger charge is 2.53. The zero-order chi connectivity index (χ0) is 18.9. The van der Waals surface area contributed by atoms with Crippen molar-refractivity contribution < 1.29 is 14.3 Å². The van der Waals surface area contributed by atoms with E-state index in [0.29, 0.717) is 45.9 Å². The van der Waals surface area contributed by atoms with Crippen LogP contribution in [0, 0.1) is 0 Å². The van der Waals surface area contributed by atoms with E-state index in [4.69, 9.17) is 4.74 Å². The molecule has 3 fully saturated rings. The van der Waals surface area contributed by atoms with Crippen LogP contribution in [0.25, 0.3) is 0 Å². The Labute approximate surface area is 168 Å². The lowest BCUT2D eigenvalue weighted by Gasteiger charge is -2.37. The van der Waals surface area contributed by atoms with Crippen LogP contribution in [0.5, 0.6) is 0 Å². The maximum absolute atomic E-state index is 13.1. The summed E-state index contributed by atoms with van der Waals surface area (Å²) in [5, 5.41) is 0. The molecular weight excluding hydrogens is 410 g/mol. The number of ether oxygens (including phenoxy) is 1. The first kappa shape index (κ1) is 18.9. The van der Waals surface area contributed by atoms with Crippen LogP contribution in [0.3, 0.4) is 0 Å². The molecular formula is C20H26BrN3O3. The fraction of sp³-hybridized carbons (Fsp3) is 0.600. The van der Waals surface area contributed by atoms with Crippen molar-refractivity contribution in [2.24, 2.45) is 0 Å². The Morgan fingerprint density at radius 3 is 2.11 bits per heavy atom. The molecule has 3 aliphatic rings. The van der Waals surface area contributed by atoms with Gasteiger partial charge in [-0.15, -0.1) is 0 Å². The second-order valence-corrected chi connectivity index (χ2v) is 8.57. The molecule has 0 spiro atoms. The molecule has 0 N–H and O–H groups in total. The standard InChI is InChI=1S/C20H26BrN3O3/c21-17-3-1-16(2-4-17)20(5-6-20)19(26)24-9-7-23(8-10-24)18(25)15-22-11-13-27-14-12-22/h1-4H,5-15H2. The van der Waals surface area contributed by atoms with Crippen LogP contribution >= 0.6 is 15.9 Å². The molecule has 146 valence electrons. The molecule has 1 saturated carbocycles. The number of amides is 2. The molecule has 7 heteroatoms. The minimum absolute atomic E-state index is 0.165. The maximum atomic E-state index is 13.1. The van der Waals surface area contributed by atoms with Crippen molar-refractivity contribution in [3.63, 3.8) is 0 Å².